The van der Waals surface area contributed by atoms with Crippen molar-refractivity contribution in [1.82, 2.24) is 10.2 Å². The molecule has 3 amide bonds. The average Bonchev–Trinajstić information content (AvgIpc) is 3.36. The SMILES string of the molecule is O=C(NCc1cccs1)C1CN(C(=O)Nc2ccccc2)CC12CCOCC2. The van der Waals surface area contributed by atoms with Crippen molar-refractivity contribution >= 4 is 29.0 Å². The van der Waals surface area contributed by atoms with Crippen LogP contribution in [0.25, 0.3) is 0 Å². The molecule has 6 nitrogen and oxygen atoms in total. The smallest absolute Gasteiger partial charge is 0.321 e. The van der Waals surface area contributed by atoms with Crippen LogP contribution in [0.5, 0.6) is 0 Å². The number of thiophene rings is 1. The number of likely N-dealkylation sites (tertiary alicyclic amines) is 1. The molecule has 0 radical (unpaired) electrons. The predicted molar refractivity (Wildman–Crippen MR) is 109 cm³/mol. The van der Waals surface area contributed by atoms with Crippen molar-refractivity contribution in [3.05, 3.63) is 52.7 Å². The van der Waals surface area contributed by atoms with Crippen molar-refractivity contribution in [2.75, 3.05) is 31.6 Å². The van der Waals surface area contributed by atoms with Crippen LogP contribution in [-0.4, -0.2) is 43.1 Å². The number of nitrogens with one attached hydrogen (secondary N) is 2. The Balaban J connectivity index is 1.45. The molecule has 2 saturated heterocycles. The molecule has 1 aromatic carbocycles. The molecule has 2 N–H and O–H groups in total. The van der Waals surface area contributed by atoms with Crippen LogP contribution in [0.3, 0.4) is 0 Å². The van der Waals surface area contributed by atoms with Crippen LogP contribution >= 0.6 is 11.3 Å². The fraction of sp³-hybridized carbons (Fsp3) is 0.429. The third-order valence-electron chi connectivity index (χ3n) is 5.78. The summed E-state index contributed by atoms with van der Waals surface area (Å²) >= 11 is 1.63. The summed E-state index contributed by atoms with van der Waals surface area (Å²) in [6, 6.07) is 13.3. The van der Waals surface area contributed by atoms with E-state index >= 15 is 0 Å². The first-order valence-electron chi connectivity index (χ1n) is 9.65. The van der Waals surface area contributed by atoms with Gasteiger partial charge in [-0.1, -0.05) is 24.3 Å². The van der Waals surface area contributed by atoms with Crippen molar-refractivity contribution in [3.63, 3.8) is 0 Å². The molecule has 2 aliphatic rings. The summed E-state index contributed by atoms with van der Waals surface area (Å²) in [6.45, 7) is 2.85. The third kappa shape index (κ3) is 4.05. The predicted octanol–water partition coefficient (Wildman–Crippen LogP) is 3.33. The van der Waals surface area contributed by atoms with Gasteiger partial charge in [-0.2, -0.15) is 0 Å². The van der Waals surface area contributed by atoms with Crippen LogP contribution in [0.1, 0.15) is 17.7 Å². The zero-order chi connectivity index (χ0) is 19.4. The highest BCUT2D eigenvalue weighted by Gasteiger charge is 2.51. The van der Waals surface area contributed by atoms with Gasteiger partial charge in [0, 0.05) is 42.3 Å². The minimum Gasteiger partial charge on any atom is -0.381 e. The molecule has 7 heteroatoms. The Morgan fingerprint density at radius 2 is 1.93 bits per heavy atom. The summed E-state index contributed by atoms with van der Waals surface area (Å²) in [5, 5.41) is 8.03. The number of para-hydroxylation sites is 1. The van der Waals surface area contributed by atoms with Gasteiger partial charge in [0.25, 0.3) is 0 Å². The number of carbonyl (C=O) groups excluding carboxylic acids is 2. The molecule has 2 fully saturated rings. The number of benzene rings is 1. The summed E-state index contributed by atoms with van der Waals surface area (Å²) in [5.41, 5.74) is 0.561. The van der Waals surface area contributed by atoms with Gasteiger partial charge in [0.2, 0.25) is 5.91 Å². The molecule has 0 bridgehead atoms. The molecule has 1 aromatic heterocycles. The van der Waals surface area contributed by atoms with Crippen LogP contribution in [0.15, 0.2) is 47.8 Å². The van der Waals surface area contributed by atoms with E-state index < -0.39 is 0 Å². The van der Waals surface area contributed by atoms with E-state index in [0.29, 0.717) is 32.8 Å². The van der Waals surface area contributed by atoms with E-state index in [4.69, 9.17) is 4.74 Å². The van der Waals surface area contributed by atoms with E-state index in [1.807, 2.05) is 47.8 Å². The van der Waals surface area contributed by atoms with Gasteiger partial charge < -0.3 is 20.3 Å². The highest BCUT2D eigenvalue weighted by Crippen LogP contribution is 2.44. The van der Waals surface area contributed by atoms with Gasteiger partial charge in [0.15, 0.2) is 0 Å². The molecule has 0 aliphatic carbocycles. The lowest BCUT2D eigenvalue weighted by Crippen LogP contribution is -2.44. The molecule has 4 rings (SSSR count). The number of hydrogen-bond acceptors (Lipinski definition) is 4. The number of urea groups is 1. The summed E-state index contributed by atoms with van der Waals surface area (Å²) in [4.78, 5) is 28.8. The van der Waals surface area contributed by atoms with Gasteiger partial charge >= 0.3 is 6.03 Å². The van der Waals surface area contributed by atoms with Crippen LogP contribution in [0, 0.1) is 11.3 Å². The molecule has 2 aromatic rings. The molecule has 0 saturated carbocycles. The van der Waals surface area contributed by atoms with Crippen molar-refractivity contribution in [1.29, 1.82) is 0 Å². The maximum atomic E-state index is 13.0. The van der Waals surface area contributed by atoms with E-state index in [0.717, 1.165) is 23.4 Å². The van der Waals surface area contributed by atoms with Gasteiger partial charge in [-0.05, 0) is 36.4 Å². The summed E-state index contributed by atoms with van der Waals surface area (Å²) in [6.07, 6.45) is 1.61. The molecular formula is C21H25N3O3S. The first-order valence-corrected chi connectivity index (χ1v) is 10.5. The molecule has 1 atom stereocenters. The van der Waals surface area contributed by atoms with Crippen molar-refractivity contribution in [2.45, 2.75) is 19.4 Å². The summed E-state index contributed by atoms with van der Waals surface area (Å²) in [5.74, 6) is -0.178. The topological polar surface area (TPSA) is 70.7 Å². The van der Waals surface area contributed by atoms with Gasteiger partial charge in [0.05, 0.1) is 12.5 Å². The zero-order valence-corrected chi connectivity index (χ0v) is 16.5. The first kappa shape index (κ1) is 19.0. The van der Waals surface area contributed by atoms with E-state index in [1.54, 1.807) is 16.2 Å². The lowest BCUT2D eigenvalue weighted by Gasteiger charge is -2.37. The lowest BCUT2D eigenvalue weighted by atomic mass is 9.72. The number of anilines is 1. The molecule has 1 spiro atoms. The maximum absolute atomic E-state index is 13.0. The Labute approximate surface area is 168 Å². The largest absolute Gasteiger partial charge is 0.381 e. The molecule has 1 unspecified atom stereocenters. The van der Waals surface area contributed by atoms with Crippen LogP contribution < -0.4 is 10.6 Å². The zero-order valence-electron chi connectivity index (χ0n) is 15.7. The normalized spacial score (nSPS) is 20.9. The van der Waals surface area contributed by atoms with Crippen LogP contribution in [0.4, 0.5) is 10.5 Å². The molecule has 148 valence electrons. The van der Waals surface area contributed by atoms with E-state index in [1.165, 1.54) is 0 Å². The van der Waals surface area contributed by atoms with Gasteiger partial charge in [-0.3, -0.25) is 4.79 Å². The highest BCUT2D eigenvalue weighted by atomic mass is 32.1. The second-order valence-corrected chi connectivity index (χ2v) is 8.53. The minimum absolute atomic E-state index is 0.0327. The first-order chi connectivity index (χ1) is 13.7. The Morgan fingerprint density at radius 3 is 2.64 bits per heavy atom. The minimum atomic E-state index is -0.210. The average molecular weight is 400 g/mol. The quantitative estimate of drug-likeness (QED) is 0.829. The Bertz CT molecular complexity index is 804. The fourth-order valence-electron chi connectivity index (χ4n) is 4.20. The van der Waals surface area contributed by atoms with Crippen molar-refractivity contribution < 1.29 is 14.3 Å². The standard InChI is InChI=1S/C21H25N3O3S/c25-19(22-13-17-7-4-12-28-17)18-14-24(15-21(18)8-10-27-11-9-21)20(26)23-16-5-2-1-3-6-16/h1-7,12,18H,8-11,13-15H2,(H,22,25)(H,23,26). The Morgan fingerprint density at radius 1 is 1.14 bits per heavy atom. The molecular weight excluding hydrogens is 374 g/mol. The van der Waals surface area contributed by atoms with E-state index in [-0.39, 0.29) is 23.3 Å². The molecule has 28 heavy (non-hydrogen) atoms. The highest BCUT2D eigenvalue weighted by molar-refractivity contribution is 7.09. The Hall–Kier alpha value is -2.38. The number of hydrogen-bond donors (Lipinski definition) is 2. The number of rotatable bonds is 4. The molecule has 3 heterocycles. The third-order valence-corrected chi connectivity index (χ3v) is 6.66. The monoisotopic (exact) mass is 399 g/mol. The molecule has 2 aliphatic heterocycles. The van der Waals surface area contributed by atoms with E-state index in [2.05, 4.69) is 10.6 Å². The number of carbonyl (C=O) groups is 2. The maximum Gasteiger partial charge on any atom is 0.321 e. The Kier molecular flexibility index (Phi) is 5.64. The lowest BCUT2D eigenvalue weighted by molar-refractivity contribution is -0.130. The van der Waals surface area contributed by atoms with Gasteiger partial charge in [0.1, 0.15) is 0 Å². The summed E-state index contributed by atoms with van der Waals surface area (Å²) < 4.78 is 5.55. The fourth-order valence-corrected chi connectivity index (χ4v) is 4.85. The van der Waals surface area contributed by atoms with Gasteiger partial charge in [-0.15, -0.1) is 11.3 Å². The van der Waals surface area contributed by atoms with Crippen LogP contribution in [-0.2, 0) is 16.1 Å². The second kappa shape index (κ2) is 8.32. The second-order valence-electron chi connectivity index (χ2n) is 7.50. The van der Waals surface area contributed by atoms with Crippen molar-refractivity contribution in [3.8, 4) is 0 Å². The van der Waals surface area contributed by atoms with Crippen molar-refractivity contribution in [2.24, 2.45) is 11.3 Å². The van der Waals surface area contributed by atoms with E-state index in [9.17, 15) is 9.59 Å². The summed E-state index contributed by atoms with van der Waals surface area (Å²) in [7, 11) is 0. The number of ether oxygens (including phenoxy) is 1. The van der Waals surface area contributed by atoms with Crippen LogP contribution in [0.2, 0.25) is 0 Å². The number of amides is 3. The van der Waals surface area contributed by atoms with Gasteiger partial charge in [-0.25, -0.2) is 4.79 Å². The number of nitrogens with zero attached hydrogens (tertiary/aromatic N) is 1.